The molecule has 0 fully saturated rings. The summed E-state index contributed by atoms with van der Waals surface area (Å²) in [5.41, 5.74) is 0.760. The van der Waals surface area contributed by atoms with Crippen LogP contribution in [0, 0.1) is 0 Å². The van der Waals surface area contributed by atoms with Crippen LogP contribution in [0.15, 0.2) is 12.1 Å². The van der Waals surface area contributed by atoms with E-state index >= 15 is 0 Å². The average Bonchev–Trinajstić information content (AvgIpc) is 2.41. The molecule has 0 unspecified atom stereocenters. The van der Waals surface area contributed by atoms with Crippen LogP contribution in [0.4, 0.5) is 0 Å². The first-order valence-corrected chi connectivity index (χ1v) is 6.78. The van der Waals surface area contributed by atoms with Gasteiger partial charge < -0.3 is 14.8 Å². The van der Waals surface area contributed by atoms with Gasteiger partial charge >= 0.3 is 0 Å². The fraction of sp³-hybridized carbons (Fsp3) is 0.714. The Bertz CT molecular complexity index is 352. The Morgan fingerprint density at radius 1 is 1.26 bits per heavy atom. The zero-order chi connectivity index (χ0) is 14.1. The van der Waals surface area contributed by atoms with Crippen LogP contribution in [-0.4, -0.2) is 36.1 Å². The highest BCUT2D eigenvalue weighted by Crippen LogP contribution is 2.14. The molecule has 1 aromatic rings. The molecule has 0 aromatic carbocycles. The van der Waals surface area contributed by atoms with Gasteiger partial charge in [-0.2, -0.15) is 5.10 Å². The number of hydrogen-bond donors (Lipinski definition) is 1. The van der Waals surface area contributed by atoms with Crippen molar-refractivity contribution in [2.24, 2.45) is 0 Å². The van der Waals surface area contributed by atoms with Gasteiger partial charge in [-0.05, 0) is 32.9 Å². The third-order valence-corrected chi connectivity index (χ3v) is 2.93. The van der Waals surface area contributed by atoms with Crippen molar-refractivity contribution in [3.8, 4) is 5.88 Å². The van der Waals surface area contributed by atoms with Crippen molar-refractivity contribution in [2.75, 3.05) is 20.3 Å². The smallest absolute Gasteiger partial charge is 0.233 e. The minimum absolute atomic E-state index is 0.169. The first-order chi connectivity index (χ1) is 9.07. The molecule has 0 saturated carbocycles. The summed E-state index contributed by atoms with van der Waals surface area (Å²) < 4.78 is 10.9. The number of methoxy groups -OCH3 is 1. The second kappa shape index (κ2) is 8.07. The van der Waals surface area contributed by atoms with Crippen LogP contribution < -0.4 is 10.1 Å². The summed E-state index contributed by atoms with van der Waals surface area (Å²) in [5.74, 6) is 0.561. The van der Waals surface area contributed by atoms with Crippen molar-refractivity contribution in [3.63, 3.8) is 0 Å². The van der Waals surface area contributed by atoms with E-state index in [1.54, 1.807) is 7.11 Å². The Balaban J connectivity index is 2.32. The molecule has 0 spiro atoms. The van der Waals surface area contributed by atoms with E-state index in [1.165, 1.54) is 0 Å². The molecule has 1 heterocycles. The number of rotatable bonds is 9. The van der Waals surface area contributed by atoms with Gasteiger partial charge in [0.1, 0.15) is 0 Å². The summed E-state index contributed by atoms with van der Waals surface area (Å²) in [7, 11) is 1.71. The Kier molecular flexibility index (Phi) is 6.73. The van der Waals surface area contributed by atoms with Gasteiger partial charge in [0, 0.05) is 26.1 Å². The molecule has 0 atom stereocenters. The first kappa shape index (κ1) is 15.9. The van der Waals surface area contributed by atoms with E-state index in [1.807, 2.05) is 26.0 Å². The topological polar surface area (TPSA) is 56.3 Å². The number of ether oxygens (including phenoxy) is 2. The normalized spacial score (nSPS) is 11.6. The summed E-state index contributed by atoms with van der Waals surface area (Å²) in [6.45, 7) is 8.51. The molecule has 0 aliphatic heterocycles. The number of nitrogens with zero attached hydrogens (tertiary/aromatic N) is 2. The maximum Gasteiger partial charge on any atom is 0.233 e. The van der Waals surface area contributed by atoms with E-state index in [9.17, 15) is 0 Å². The molecular formula is C14H25N3O2. The Labute approximate surface area is 115 Å². The third-order valence-electron chi connectivity index (χ3n) is 2.93. The van der Waals surface area contributed by atoms with Gasteiger partial charge in [-0.25, -0.2) is 0 Å². The summed E-state index contributed by atoms with van der Waals surface area (Å²) in [6.07, 6.45) is 1.93. The molecule has 0 aliphatic carbocycles. The van der Waals surface area contributed by atoms with Crippen LogP contribution in [0.2, 0.25) is 0 Å². The predicted molar refractivity (Wildman–Crippen MR) is 75.2 cm³/mol. The van der Waals surface area contributed by atoms with Crippen molar-refractivity contribution >= 4 is 0 Å². The average molecular weight is 267 g/mol. The van der Waals surface area contributed by atoms with Crippen LogP contribution in [-0.2, 0) is 11.3 Å². The second-order valence-corrected chi connectivity index (χ2v) is 5.10. The summed E-state index contributed by atoms with van der Waals surface area (Å²) in [6, 6.07) is 3.79. The number of hydrogen-bond acceptors (Lipinski definition) is 5. The quantitative estimate of drug-likeness (QED) is 0.695. The largest absolute Gasteiger partial charge is 0.476 e. The van der Waals surface area contributed by atoms with Gasteiger partial charge in [-0.15, -0.1) is 5.10 Å². The molecule has 5 nitrogen and oxygen atoms in total. The number of nitrogens with one attached hydrogen (secondary N) is 1. The van der Waals surface area contributed by atoms with Crippen LogP contribution in [0.1, 0.15) is 39.3 Å². The summed E-state index contributed by atoms with van der Waals surface area (Å²) in [5, 5.41) is 11.4. The highest BCUT2D eigenvalue weighted by molar-refractivity contribution is 5.11. The maximum absolute atomic E-state index is 5.55. The lowest BCUT2D eigenvalue weighted by Crippen LogP contribution is -2.25. The standard InChI is InChI=1S/C14H25N3O2/c1-5-9-15-11-12-6-7-13(17-16-12)19-10-8-14(2,3)18-4/h6-7,15H,5,8-11H2,1-4H3. The molecule has 0 bridgehead atoms. The lowest BCUT2D eigenvalue weighted by molar-refractivity contribution is 0.00500. The minimum Gasteiger partial charge on any atom is -0.476 e. The van der Waals surface area contributed by atoms with Gasteiger partial charge in [0.15, 0.2) is 0 Å². The Morgan fingerprint density at radius 3 is 2.63 bits per heavy atom. The van der Waals surface area contributed by atoms with Crippen LogP contribution in [0.5, 0.6) is 5.88 Å². The van der Waals surface area contributed by atoms with Gasteiger partial charge in [0.2, 0.25) is 5.88 Å². The minimum atomic E-state index is -0.169. The summed E-state index contributed by atoms with van der Waals surface area (Å²) in [4.78, 5) is 0. The molecule has 0 saturated heterocycles. The van der Waals surface area contributed by atoms with Crippen LogP contribution in [0.3, 0.4) is 0 Å². The van der Waals surface area contributed by atoms with Gasteiger partial charge in [-0.3, -0.25) is 0 Å². The SMILES string of the molecule is CCCNCc1ccc(OCCC(C)(C)OC)nn1. The first-order valence-electron chi connectivity index (χ1n) is 6.78. The fourth-order valence-corrected chi connectivity index (χ4v) is 1.42. The van der Waals surface area contributed by atoms with E-state index in [0.717, 1.165) is 31.6 Å². The number of aromatic nitrogens is 2. The van der Waals surface area contributed by atoms with E-state index in [0.29, 0.717) is 12.5 Å². The van der Waals surface area contributed by atoms with Crippen molar-refractivity contribution in [3.05, 3.63) is 17.8 Å². The summed E-state index contributed by atoms with van der Waals surface area (Å²) >= 11 is 0. The van der Waals surface area contributed by atoms with Crippen LogP contribution in [0.25, 0.3) is 0 Å². The van der Waals surface area contributed by atoms with Crippen molar-refractivity contribution < 1.29 is 9.47 Å². The highest BCUT2D eigenvalue weighted by Gasteiger charge is 2.16. The second-order valence-electron chi connectivity index (χ2n) is 5.10. The monoisotopic (exact) mass is 267 g/mol. The third kappa shape index (κ3) is 6.50. The highest BCUT2D eigenvalue weighted by atomic mass is 16.5. The fourth-order valence-electron chi connectivity index (χ4n) is 1.42. The molecule has 1 aromatic heterocycles. The predicted octanol–water partition coefficient (Wildman–Crippen LogP) is 2.17. The van der Waals surface area contributed by atoms with E-state index < -0.39 is 0 Å². The van der Waals surface area contributed by atoms with Gasteiger partial charge in [0.05, 0.1) is 17.9 Å². The molecule has 0 amide bonds. The molecule has 1 N–H and O–H groups in total. The van der Waals surface area contributed by atoms with Gasteiger partial charge in [-0.1, -0.05) is 6.92 Å². The van der Waals surface area contributed by atoms with E-state index in [4.69, 9.17) is 9.47 Å². The van der Waals surface area contributed by atoms with Gasteiger partial charge in [0.25, 0.3) is 0 Å². The zero-order valence-electron chi connectivity index (χ0n) is 12.4. The maximum atomic E-state index is 5.55. The lowest BCUT2D eigenvalue weighted by Gasteiger charge is -2.22. The molecule has 1 rings (SSSR count). The van der Waals surface area contributed by atoms with Crippen molar-refractivity contribution in [2.45, 2.75) is 45.8 Å². The molecule has 0 radical (unpaired) electrons. The molecule has 0 aliphatic rings. The molecule has 108 valence electrons. The van der Waals surface area contributed by atoms with Crippen molar-refractivity contribution in [1.29, 1.82) is 0 Å². The van der Waals surface area contributed by atoms with E-state index in [2.05, 4.69) is 22.4 Å². The molecule has 5 heteroatoms. The molecular weight excluding hydrogens is 242 g/mol. The Morgan fingerprint density at radius 2 is 2.05 bits per heavy atom. The van der Waals surface area contributed by atoms with Crippen LogP contribution >= 0.6 is 0 Å². The van der Waals surface area contributed by atoms with Crippen molar-refractivity contribution in [1.82, 2.24) is 15.5 Å². The zero-order valence-corrected chi connectivity index (χ0v) is 12.4. The Hall–Kier alpha value is -1.20. The van der Waals surface area contributed by atoms with E-state index in [-0.39, 0.29) is 5.60 Å². The molecule has 19 heavy (non-hydrogen) atoms. The lowest BCUT2D eigenvalue weighted by atomic mass is 10.1.